The second-order valence-corrected chi connectivity index (χ2v) is 4.62. The van der Waals surface area contributed by atoms with Crippen LogP contribution in [0, 0.1) is 0 Å². The van der Waals surface area contributed by atoms with Crippen LogP contribution >= 0.6 is 11.5 Å². The van der Waals surface area contributed by atoms with Crippen molar-refractivity contribution in [1.82, 2.24) is 14.9 Å². The molecule has 0 fully saturated rings. The number of nitrogens with one attached hydrogen (secondary N) is 1. The van der Waals surface area contributed by atoms with E-state index in [1.54, 1.807) is 0 Å². The molecule has 1 amide bonds. The molecule has 1 aromatic carbocycles. The Morgan fingerprint density at radius 2 is 2.05 bits per heavy atom. The number of carboxylic acid groups (broad SMARTS) is 1. The van der Waals surface area contributed by atoms with Gasteiger partial charge in [0, 0.05) is 6.42 Å². The largest absolute Gasteiger partial charge is 0.480 e. The Hall–Kier alpha value is -2.28. The number of aromatic nitrogens is 2. The van der Waals surface area contributed by atoms with Crippen molar-refractivity contribution < 1.29 is 14.7 Å². The SMILES string of the molecule is O=C(N[C@@H](Cc1ccccc1)C(=O)O)c1cnns1. The van der Waals surface area contributed by atoms with Gasteiger partial charge in [-0.15, -0.1) is 5.10 Å². The Bertz CT molecular complexity index is 557. The number of rotatable bonds is 5. The van der Waals surface area contributed by atoms with Crippen LogP contribution in [0.2, 0.25) is 0 Å². The predicted molar refractivity (Wildman–Crippen MR) is 68.9 cm³/mol. The zero-order chi connectivity index (χ0) is 13.7. The highest BCUT2D eigenvalue weighted by Crippen LogP contribution is 2.06. The molecule has 2 rings (SSSR count). The normalized spacial score (nSPS) is 11.8. The second kappa shape index (κ2) is 6.05. The average Bonchev–Trinajstić information content (AvgIpc) is 2.93. The summed E-state index contributed by atoms with van der Waals surface area (Å²) >= 11 is 0.925. The van der Waals surface area contributed by atoms with Gasteiger partial charge in [-0.2, -0.15) is 0 Å². The van der Waals surface area contributed by atoms with Crippen LogP contribution in [0.3, 0.4) is 0 Å². The molecule has 1 atom stereocenters. The van der Waals surface area contributed by atoms with E-state index >= 15 is 0 Å². The van der Waals surface area contributed by atoms with Crippen molar-refractivity contribution in [1.29, 1.82) is 0 Å². The molecular weight excluding hydrogens is 266 g/mol. The number of amides is 1. The third-order valence-electron chi connectivity index (χ3n) is 2.47. The van der Waals surface area contributed by atoms with Gasteiger partial charge >= 0.3 is 5.97 Å². The summed E-state index contributed by atoms with van der Waals surface area (Å²) in [4.78, 5) is 23.2. The number of aliphatic carboxylic acids is 1. The number of carboxylic acids is 1. The van der Waals surface area contributed by atoms with Gasteiger partial charge in [-0.05, 0) is 17.1 Å². The Morgan fingerprint density at radius 3 is 2.63 bits per heavy atom. The van der Waals surface area contributed by atoms with E-state index in [9.17, 15) is 9.59 Å². The third-order valence-corrected chi connectivity index (χ3v) is 3.13. The fraction of sp³-hybridized carbons (Fsp3) is 0.167. The maximum atomic E-state index is 11.8. The molecule has 19 heavy (non-hydrogen) atoms. The van der Waals surface area contributed by atoms with E-state index in [1.807, 2.05) is 30.3 Å². The fourth-order valence-electron chi connectivity index (χ4n) is 1.55. The maximum Gasteiger partial charge on any atom is 0.326 e. The van der Waals surface area contributed by atoms with Gasteiger partial charge in [0.15, 0.2) is 0 Å². The lowest BCUT2D eigenvalue weighted by atomic mass is 10.1. The highest BCUT2D eigenvalue weighted by molar-refractivity contribution is 7.07. The molecule has 98 valence electrons. The van der Waals surface area contributed by atoms with Crippen LogP contribution < -0.4 is 5.32 Å². The number of carbonyl (C=O) groups is 2. The van der Waals surface area contributed by atoms with Gasteiger partial charge in [-0.1, -0.05) is 34.8 Å². The molecule has 1 heterocycles. The summed E-state index contributed by atoms with van der Waals surface area (Å²) in [7, 11) is 0. The Morgan fingerprint density at radius 1 is 1.32 bits per heavy atom. The Labute approximate surface area is 113 Å². The highest BCUT2D eigenvalue weighted by atomic mass is 32.1. The van der Waals surface area contributed by atoms with Crippen LogP contribution in [-0.2, 0) is 11.2 Å². The number of carbonyl (C=O) groups excluding carboxylic acids is 1. The summed E-state index contributed by atoms with van der Waals surface area (Å²) in [6, 6.07) is 8.15. The summed E-state index contributed by atoms with van der Waals surface area (Å²) in [5, 5.41) is 15.1. The summed E-state index contributed by atoms with van der Waals surface area (Å²) in [5.41, 5.74) is 0.845. The number of hydrogen-bond acceptors (Lipinski definition) is 5. The van der Waals surface area contributed by atoms with E-state index < -0.39 is 17.9 Å². The molecule has 0 spiro atoms. The summed E-state index contributed by atoms with van der Waals surface area (Å²) in [5.74, 6) is -1.55. The van der Waals surface area contributed by atoms with E-state index in [0.717, 1.165) is 17.1 Å². The van der Waals surface area contributed by atoms with E-state index in [-0.39, 0.29) is 6.42 Å². The third kappa shape index (κ3) is 3.59. The van der Waals surface area contributed by atoms with Crippen molar-refractivity contribution in [3.63, 3.8) is 0 Å². The summed E-state index contributed by atoms with van der Waals surface area (Å²) in [6.07, 6.45) is 1.54. The van der Waals surface area contributed by atoms with Crippen LogP contribution in [0.4, 0.5) is 0 Å². The van der Waals surface area contributed by atoms with Crippen LogP contribution in [-0.4, -0.2) is 32.6 Å². The van der Waals surface area contributed by atoms with Crippen LogP contribution in [0.25, 0.3) is 0 Å². The minimum atomic E-state index is -1.07. The summed E-state index contributed by atoms with van der Waals surface area (Å²) < 4.78 is 3.56. The van der Waals surface area contributed by atoms with Crippen molar-refractivity contribution in [3.05, 3.63) is 47.0 Å². The molecule has 7 heteroatoms. The predicted octanol–water partition coefficient (Wildman–Crippen LogP) is 0.964. The van der Waals surface area contributed by atoms with Crippen LogP contribution in [0.15, 0.2) is 36.5 Å². The van der Waals surface area contributed by atoms with E-state index in [4.69, 9.17) is 5.11 Å². The highest BCUT2D eigenvalue weighted by Gasteiger charge is 2.21. The monoisotopic (exact) mass is 277 g/mol. The van der Waals surface area contributed by atoms with Crippen molar-refractivity contribution in [2.45, 2.75) is 12.5 Å². The van der Waals surface area contributed by atoms with E-state index in [2.05, 4.69) is 14.9 Å². The molecule has 2 aromatic rings. The average molecular weight is 277 g/mol. The van der Waals surface area contributed by atoms with Gasteiger partial charge in [0.2, 0.25) is 0 Å². The lowest BCUT2D eigenvalue weighted by Gasteiger charge is -2.13. The van der Waals surface area contributed by atoms with E-state index in [0.29, 0.717) is 4.88 Å². The molecule has 0 radical (unpaired) electrons. The first-order valence-corrected chi connectivity index (χ1v) is 6.29. The number of nitrogens with zero attached hydrogens (tertiary/aromatic N) is 2. The molecule has 6 nitrogen and oxygen atoms in total. The first kappa shape index (κ1) is 13.2. The lowest BCUT2D eigenvalue weighted by Crippen LogP contribution is -2.42. The van der Waals surface area contributed by atoms with Crippen molar-refractivity contribution >= 4 is 23.4 Å². The fourth-order valence-corrected chi connectivity index (χ4v) is 1.96. The summed E-state index contributed by atoms with van der Waals surface area (Å²) in [6.45, 7) is 0. The van der Waals surface area contributed by atoms with Gasteiger partial charge in [-0.25, -0.2) is 4.79 Å². The van der Waals surface area contributed by atoms with Gasteiger partial charge in [0.05, 0.1) is 6.20 Å². The van der Waals surface area contributed by atoms with Crippen LogP contribution in [0.1, 0.15) is 15.2 Å². The van der Waals surface area contributed by atoms with Gasteiger partial charge in [-0.3, -0.25) is 4.79 Å². The molecule has 0 aliphatic heterocycles. The second-order valence-electron chi connectivity index (χ2n) is 3.84. The van der Waals surface area contributed by atoms with Crippen molar-refractivity contribution in [2.75, 3.05) is 0 Å². The molecular formula is C12H11N3O3S. The topological polar surface area (TPSA) is 92.2 Å². The van der Waals surface area contributed by atoms with Gasteiger partial charge < -0.3 is 10.4 Å². The van der Waals surface area contributed by atoms with Gasteiger partial charge in [0.25, 0.3) is 5.91 Å². The lowest BCUT2D eigenvalue weighted by molar-refractivity contribution is -0.139. The molecule has 0 aliphatic carbocycles. The van der Waals surface area contributed by atoms with Crippen molar-refractivity contribution in [3.8, 4) is 0 Å². The quantitative estimate of drug-likeness (QED) is 0.849. The molecule has 2 N–H and O–H groups in total. The maximum absolute atomic E-state index is 11.8. The number of benzene rings is 1. The molecule has 1 aromatic heterocycles. The number of hydrogen-bond donors (Lipinski definition) is 2. The minimum Gasteiger partial charge on any atom is -0.480 e. The standard InChI is InChI=1S/C12H11N3O3S/c16-11(10-7-13-15-19-10)14-9(12(17)18)6-8-4-2-1-3-5-8/h1-5,7,9H,6H2,(H,14,16)(H,17,18)/t9-/m0/s1. The first-order valence-electron chi connectivity index (χ1n) is 5.52. The Balaban J connectivity index is 2.05. The molecule has 0 saturated heterocycles. The molecule has 0 bridgehead atoms. The smallest absolute Gasteiger partial charge is 0.326 e. The minimum absolute atomic E-state index is 0.230. The van der Waals surface area contributed by atoms with Crippen molar-refractivity contribution in [2.24, 2.45) is 0 Å². The van der Waals surface area contributed by atoms with Crippen LogP contribution in [0.5, 0.6) is 0 Å². The Kier molecular flexibility index (Phi) is 4.19. The first-order chi connectivity index (χ1) is 9.16. The zero-order valence-electron chi connectivity index (χ0n) is 9.81. The van der Waals surface area contributed by atoms with Gasteiger partial charge in [0.1, 0.15) is 10.9 Å². The molecule has 0 unspecified atom stereocenters. The molecule has 0 aliphatic rings. The zero-order valence-corrected chi connectivity index (χ0v) is 10.6. The van der Waals surface area contributed by atoms with E-state index in [1.165, 1.54) is 6.20 Å². The molecule has 0 saturated carbocycles.